The van der Waals surface area contributed by atoms with E-state index in [1.165, 1.54) is 37.7 Å². The van der Waals surface area contributed by atoms with Crippen LogP contribution in [0.25, 0.3) is 11.3 Å². The van der Waals surface area contributed by atoms with Crippen molar-refractivity contribution in [3.63, 3.8) is 0 Å². The highest BCUT2D eigenvalue weighted by molar-refractivity contribution is 5.78. The number of hydrogen-bond donors (Lipinski definition) is 0. The molecule has 0 atom stereocenters. The van der Waals surface area contributed by atoms with Crippen LogP contribution in [0.2, 0.25) is 0 Å². The van der Waals surface area contributed by atoms with Gasteiger partial charge in [0.1, 0.15) is 5.82 Å². The fourth-order valence-corrected chi connectivity index (χ4v) is 5.37. The molecule has 1 aliphatic carbocycles. The standard InChI is InChI=1S/C28H40N6O/c1-2-3-5-23-8-10-24(11-9-23)26-20-30-27(21-29-26)33-14-12-31(13-15-33)22-28(35)34-18-16-32(17-19-34)25-6-4-7-25/h8-11,20-21,25H,2-7,12-19,22H2,1H3. The molecule has 0 bridgehead atoms. The maximum atomic E-state index is 12.9. The molecule has 7 heteroatoms. The Kier molecular flexibility index (Phi) is 7.94. The Labute approximate surface area is 210 Å². The second-order valence-electron chi connectivity index (χ2n) is 10.3. The van der Waals surface area contributed by atoms with Crippen LogP contribution >= 0.6 is 0 Å². The molecule has 1 aromatic carbocycles. The molecule has 35 heavy (non-hydrogen) atoms. The van der Waals surface area contributed by atoms with Crippen molar-refractivity contribution in [2.24, 2.45) is 0 Å². The van der Waals surface area contributed by atoms with Gasteiger partial charge in [0.15, 0.2) is 0 Å². The Bertz CT molecular complexity index is 942. The molecular formula is C28H40N6O. The first-order valence-corrected chi connectivity index (χ1v) is 13.6. The predicted molar refractivity (Wildman–Crippen MR) is 141 cm³/mol. The monoisotopic (exact) mass is 476 g/mol. The lowest BCUT2D eigenvalue weighted by Gasteiger charge is -2.43. The van der Waals surface area contributed by atoms with E-state index in [0.29, 0.717) is 6.54 Å². The summed E-state index contributed by atoms with van der Waals surface area (Å²) >= 11 is 0. The maximum Gasteiger partial charge on any atom is 0.236 e. The van der Waals surface area contributed by atoms with Crippen LogP contribution in [0, 0.1) is 0 Å². The average molecular weight is 477 g/mol. The SMILES string of the molecule is CCCCc1ccc(-c2cnc(N3CCN(CC(=O)N4CCN(C5CCC5)CC4)CC3)cn2)cc1. The van der Waals surface area contributed by atoms with Crippen molar-refractivity contribution in [3.8, 4) is 11.3 Å². The van der Waals surface area contributed by atoms with Gasteiger partial charge in [-0.1, -0.05) is 44.0 Å². The Morgan fingerprint density at radius 2 is 1.66 bits per heavy atom. The number of rotatable bonds is 8. The van der Waals surface area contributed by atoms with Crippen molar-refractivity contribution in [1.82, 2.24) is 24.7 Å². The summed E-state index contributed by atoms with van der Waals surface area (Å²) in [5, 5.41) is 0. The van der Waals surface area contributed by atoms with E-state index in [4.69, 9.17) is 9.97 Å². The summed E-state index contributed by atoms with van der Waals surface area (Å²) < 4.78 is 0. The number of aryl methyl sites for hydroxylation is 1. The molecule has 1 aromatic heterocycles. The maximum absolute atomic E-state index is 12.9. The van der Waals surface area contributed by atoms with E-state index in [9.17, 15) is 4.79 Å². The quantitative estimate of drug-likeness (QED) is 0.583. The summed E-state index contributed by atoms with van der Waals surface area (Å²) in [5.74, 6) is 1.21. The van der Waals surface area contributed by atoms with Gasteiger partial charge in [-0.2, -0.15) is 0 Å². The van der Waals surface area contributed by atoms with E-state index in [2.05, 4.69) is 50.8 Å². The van der Waals surface area contributed by atoms with Gasteiger partial charge in [0.25, 0.3) is 0 Å². The minimum atomic E-state index is 0.288. The molecular weight excluding hydrogens is 436 g/mol. The van der Waals surface area contributed by atoms with Crippen molar-refractivity contribution in [3.05, 3.63) is 42.2 Å². The van der Waals surface area contributed by atoms with Gasteiger partial charge < -0.3 is 9.80 Å². The lowest BCUT2D eigenvalue weighted by molar-refractivity contribution is -0.134. The molecule has 2 saturated heterocycles. The van der Waals surface area contributed by atoms with Crippen LogP contribution in [-0.4, -0.2) is 95.5 Å². The Hall–Kier alpha value is -2.51. The molecule has 0 radical (unpaired) electrons. The highest BCUT2D eigenvalue weighted by Gasteiger charge is 2.30. The first kappa shape index (κ1) is 24.2. The first-order valence-electron chi connectivity index (χ1n) is 13.6. The molecule has 0 spiro atoms. The molecule has 2 aromatic rings. The second-order valence-corrected chi connectivity index (χ2v) is 10.3. The smallest absolute Gasteiger partial charge is 0.236 e. The third-order valence-corrected chi connectivity index (χ3v) is 8.02. The molecule has 0 unspecified atom stereocenters. The van der Waals surface area contributed by atoms with Crippen LogP contribution in [0.5, 0.6) is 0 Å². The lowest BCUT2D eigenvalue weighted by Crippen LogP contribution is -2.56. The van der Waals surface area contributed by atoms with Gasteiger partial charge >= 0.3 is 0 Å². The summed E-state index contributed by atoms with van der Waals surface area (Å²) in [6.07, 6.45) is 11.4. The van der Waals surface area contributed by atoms with Crippen LogP contribution in [0.1, 0.15) is 44.6 Å². The number of anilines is 1. The number of aromatic nitrogens is 2. The predicted octanol–water partition coefficient (Wildman–Crippen LogP) is 3.30. The average Bonchev–Trinajstić information content (AvgIpc) is 2.88. The molecule has 7 nitrogen and oxygen atoms in total. The molecule has 3 fully saturated rings. The van der Waals surface area contributed by atoms with Crippen LogP contribution in [0.3, 0.4) is 0 Å². The van der Waals surface area contributed by atoms with Gasteiger partial charge in [0.2, 0.25) is 5.91 Å². The van der Waals surface area contributed by atoms with E-state index < -0.39 is 0 Å². The number of carbonyl (C=O) groups is 1. The van der Waals surface area contributed by atoms with E-state index in [-0.39, 0.29) is 5.91 Å². The lowest BCUT2D eigenvalue weighted by atomic mass is 9.91. The van der Waals surface area contributed by atoms with Gasteiger partial charge in [-0.3, -0.25) is 19.6 Å². The van der Waals surface area contributed by atoms with Crippen molar-refractivity contribution in [2.45, 2.75) is 51.5 Å². The third-order valence-electron chi connectivity index (χ3n) is 8.02. The number of hydrogen-bond acceptors (Lipinski definition) is 6. The van der Waals surface area contributed by atoms with Gasteiger partial charge in [0, 0.05) is 64.0 Å². The normalized spacial score (nSPS) is 20.1. The fourth-order valence-electron chi connectivity index (χ4n) is 5.37. The van der Waals surface area contributed by atoms with E-state index in [1.807, 2.05) is 12.4 Å². The second kappa shape index (κ2) is 11.5. The Balaban J connectivity index is 1.07. The van der Waals surface area contributed by atoms with Crippen LogP contribution < -0.4 is 4.90 Å². The molecule has 3 aliphatic rings. The van der Waals surface area contributed by atoms with Gasteiger partial charge in [-0.05, 0) is 31.2 Å². The third kappa shape index (κ3) is 6.01. The zero-order valence-corrected chi connectivity index (χ0v) is 21.2. The van der Waals surface area contributed by atoms with E-state index >= 15 is 0 Å². The molecule has 3 heterocycles. The number of amides is 1. The highest BCUT2D eigenvalue weighted by atomic mass is 16.2. The molecule has 188 valence electrons. The van der Waals surface area contributed by atoms with Crippen molar-refractivity contribution < 1.29 is 4.79 Å². The zero-order valence-electron chi connectivity index (χ0n) is 21.2. The number of carbonyl (C=O) groups excluding carboxylic acids is 1. The van der Waals surface area contributed by atoms with Crippen molar-refractivity contribution >= 4 is 11.7 Å². The number of unbranched alkanes of at least 4 members (excludes halogenated alkanes) is 1. The Morgan fingerprint density at radius 1 is 0.914 bits per heavy atom. The summed E-state index contributed by atoms with van der Waals surface area (Å²) in [6, 6.07) is 9.49. The molecule has 1 amide bonds. The number of benzene rings is 1. The van der Waals surface area contributed by atoms with E-state index in [0.717, 1.165) is 81.9 Å². The highest BCUT2D eigenvalue weighted by Crippen LogP contribution is 2.25. The largest absolute Gasteiger partial charge is 0.353 e. The zero-order chi connectivity index (χ0) is 24.0. The van der Waals surface area contributed by atoms with Crippen LogP contribution in [0.15, 0.2) is 36.7 Å². The summed E-state index contributed by atoms with van der Waals surface area (Å²) in [7, 11) is 0. The molecule has 2 aliphatic heterocycles. The van der Waals surface area contributed by atoms with Crippen LogP contribution in [-0.2, 0) is 11.2 Å². The van der Waals surface area contributed by atoms with Crippen molar-refractivity contribution in [2.75, 3.05) is 63.8 Å². The molecule has 5 rings (SSSR count). The van der Waals surface area contributed by atoms with Gasteiger partial charge in [-0.15, -0.1) is 0 Å². The summed E-state index contributed by atoms with van der Waals surface area (Å²) in [4.78, 5) is 31.5. The Morgan fingerprint density at radius 3 is 2.26 bits per heavy atom. The van der Waals surface area contributed by atoms with Crippen LogP contribution in [0.4, 0.5) is 5.82 Å². The summed E-state index contributed by atoms with van der Waals surface area (Å²) in [6.45, 7) is 10.2. The van der Waals surface area contributed by atoms with Gasteiger partial charge in [0.05, 0.1) is 24.6 Å². The molecule has 0 N–H and O–H groups in total. The number of nitrogens with zero attached hydrogens (tertiary/aromatic N) is 6. The topological polar surface area (TPSA) is 55.8 Å². The number of piperazine rings is 2. The van der Waals surface area contributed by atoms with E-state index in [1.54, 1.807) is 0 Å². The first-order chi connectivity index (χ1) is 17.2. The van der Waals surface area contributed by atoms with Crippen molar-refractivity contribution in [1.29, 1.82) is 0 Å². The minimum Gasteiger partial charge on any atom is -0.353 e. The van der Waals surface area contributed by atoms with Gasteiger partial charge in [-0.25, -0.2) is 4.98 Å². The minimum absolute atomic E-state index is 0.288. The summed E-state index contributed by atoms with van der Waals surface area (Å²) in [5.41, 5.74) is 3.41. The fraction of sp³-hybridized carbons (Fsp3) is 0.607. The molecule has 1 saturated carbocycles.